The fraction of sp³-hybridized carbons (Fsp3) is 0. The van der Waals surface area contributed by atoms with Crippen LogP contribution in [0.5, 0.6) is 0 Å². The van der Waals surface area contributed by atoms with Crippen LogP contribution in [0.15, 0.2) is 83.3 Å². The van der Waals surface area contributed by atoms with Gasteiger partial charge >= 0.3 is 0 Å². The molecule has 0 saturated carbocycles. The number of furan rings is 1. The van der Waals surface area contributed by atoms with E-state index in [1.54, 1.807) is 0 Å². The summed E-state index contributed by atoms with van der Waals surface area (Å²) < 4.78 is 6.01. The first kappa shape index (κ1) is 15.6. The smallest absolute Gasteiger partial charge is 0.191 e. The fourth-order valence-electron chi connectivity index (χ4n) is 3.91. The predicted molar refractivity (Wildman–Crippen MR) is 115 cm³/mol. The molecule has 0 amide bonds. The van der Waals surface area contributed by atoms with Gasteiger partial charge in [0.2, 0.25) is 0 Å². The van der Waals surface area contributed by atoms with Crippen molar-refractivity contribution < 1.29 is 4.42 Å². The van der Waals surface area contributed by atoms with Gasteiger partial charge in [-0.1, -0.05) is 84.4 Å². The number of hydrogen-bond acceptors (Lipinski definition) is 3. The van der Waals surface area contributed by atoms with E-state index in [9.17, 15) is 0 Å². The van der Waals surface area contributed by atoms with Crippen LogP contribution in [0.1, 0.15) is 0 Å². The van der Waals surface area contributed by atoms with Crippen molar-refractivity contribution in [2.24, 2.45) is 0 Å². The average molecular weight is 381 g/mol. The van der Waals surface area contributed by atoms with Gasteiger partial charge in [-0.25, -0.2) is 9.97 Å². The molecule has 6 aromatic rings. The highest BCUT2D eigenvalue weighted by molar-refractivity contribution is 6.35. The number of halogens is 1. The van der Waals surface area contributed by atoms with Crippen LogP contribution in [0.3, 0.4) is 0 Å². The zero-order chi connectivity index (χ0) is 18.7. The molecule has 0 atom stereocenters. The van der Waals surface area contributed by atoms with E-state index in [0.29, 0.717) is 16.6 Å². The number of hydrogen-bond donors (Lipinski definition) is 0. The van der Waals surface area contributed by atoms with Crippen molar-refractivity contribution in [1.29, 1.82) is 0 Å². The van der Waals surface area contributed by atoms with Crippen LogP contribution in [0.25, 0.3) is 55.0 Å². The van der Waals surface area contributed by atoms with Crippen LogP contribution in [0.2, 0.25) is 5.15 Å². The summed E-state index contributed by atoms with van der Waals surface area (Å²) in [7, 11) is 0. The van der Waals surface area contributed by atoms with Crippen molar-refractivity contribution >= 4 is 55.2 Å². The lowest BCUT2D eigenvalue weighted by Crippen LogP contribution is -1.91. The van der Waals surface area contributed by atoms with Gasteiger partial charge in [-0.15, -0.1) is 0 Å². The first-order valence-corrected chi connectivity index (χ1v) is 9.43. The predicted octanol–water partition coefficient (Wildman–Crippen LogP) is 7.00. The van der Waals surface area contributed by atoms with E-state index in [1.165, 1.54) is 0 Å². The van der Waals surface area contributed by atoms with E-state index >= 15 is 0 Å². The lowest BCUT2D eigenvalue weighted by Gasteiger charge is -2.06. The Kier molecular flexibility index (Phi) is 3.22. The van der Waals surface area contributed by atoms with E-state index in [-0.39, 0.29) is 0 Å². The highest BCUT2D eigenvalue weighted by Crippen LogP contribution is 2.37. The molecule has 0 aliphatic rings. The van der Waals surface area contributed by atoms with Gasteiger partial charge < -0.3 is 4.42 Å². The van der Waals surface area contributed by atoms with E-state index in [1.807, 2.05) is 48.5 Å². The van der Waals surface area contributed by atoms with Gasteiger partial charge in [-0.3, -0.25) is 0 Å². The van der Waals surface area contributed by atoms with Crippen molar-refractivity contribution in [1.82, 2.24) is 9.97 Å². The summed E-state index contributed by atoms with van der Waals surface area (Å²) in [6, 6.07) is 26.6. The molecule has 2 heterocycles. The topological polar surface area (TPSA) is 38.9 Å². The van der Waals surface area contributed by atoms with Gasteiger partial charge in [0.15, 0.2) is 16.6 Å². The molecule has 0 spiro atoms. The Hall–Kier alpha value is -3.43. The molecular formula is C24H13ClN2O. The van der Waals surface area contributed by atoms with Crippen LogP contribution in [-0.2, 0) is 0 Å². The standard InChI is InChI=1S/C24H13ClN2O/c25-23-22-21(20-17-10-4-2-7-15(17)12-13-19(20)28-22)26-24(27-23)18-11-5-8-14-6-1-3-9-16(14)18/h1-13H. The molecular weight excluding hydrogens is 368 g/mol. The van der Waals surface area contributed by atoms with Crippen LogP contribution >= 0.6 is 11.6 Å². The van der Waals surface area contributed by atoms with Crippen molar-refractivity contribution in [3.05, 3.63) is 84.0 Å². The van der Waals surface area contributed by atoms with Crippen LogP contribution in [0, 0.1) is 0 Å². The zero-order valence-corrected chi connectivity index (χ0v) is 15.4. The lowest BCUT2D eigenvalue weighted by atomic mass is 10.0. The van der Waals surface area contributed by atoms with Crippen molar-refractivity contribution in [3.63, 3.8) is 0 Å². The summed E-state index contributed by atoms with van der Waals surface area (Å²) in [4.78, 5) is 9.46. The Morgan fingerprint density at radius 1 is 0.679 bits per heavy atom. The van der Waals surface area contributed by atoms with E-state index in [2.05, 4.69) is 35.3 Å². The van der Waals surface area contributed by atoms with Crippen molar-refractivity contribution in [2.75, 3.05) is 0 Å². The second-order valence-corrected chi connectivity index (χ2v) is 7.16. The summed E-state index contributed by atoms with van der Waals surface area (Å²) in [5, 5.41) is 5.77. The first-order chi connectivity index (χ1) is 13.8. The quantitative estimate of drug-likeness (QED) is 0.288. The second-order valence-electron chi connectivity index (χ2n) is 6.80. The fourth-order valence-corrected chi connectivity index (χ4v) is 4.12. The first-order valence-electron chi connectivity index (χ1n) is 9.05. The molecule has 2 aromatic heterocycles. The molecule has 132 valence electrons. The molecule has 4 aromatic carbocycles. The van der Waals surface area contributed by atoms with Gasteiger partial charge in [0.05, 0.1) is 5.39 Å². The Balaban J connectivity index is 1.75. The van der Waals surface area contributed by atoms with Crippen LogP contribution < -0.4 is 0 Å². The molecule has 0 unspecified atom stereocenters. The third-order valence-corrected chi connectivity index (χ3v) is 5.45. The van der Waals surface area contributed by atoms with E-state index in [0.717, 1.165) is 43.6 Å². The Labute approximate surface area is 165 Å². The summed E-state index contributed by atoms with van der Waals surface area (Å²) >= 11 is 6.54. The normalized spacial score (nSPS) is 11.8. The molecule has 0 fully saturated rings. The lowest BCUT2D eigenvalue weighted by molar-refractivity contribution is 0.666. The molecule has 0 bridgehead atoms. The summed E-state index contributed by atoms with van der Waals surface area (Å²) in [6.45, 7) is 0. The SMILES string of the molecule is Clc1nc(-c2cccc3ccccc23)nc2c1oc1ccc3ccccc3c12. The minimum atomic E-state index is 0.327. The van der Waals surface area contributed by atoms with Gasteiger partial charge in [0.25, 0.3) is 0 Å². The maximum atomic E-state index is 6.54. The number of fused-ring (bicyclic) bond motifs is 6. The zero-order valence-electron chi connectivity index (χ0n) is 14.7. The minimum absolute atomic E-state index is 0.327. The van der Waals surface area contributed by atoms with Gasteiger partial charge in [-0.2, -0.15) is 0 Å². The molecule has 0 radical (unpaired) electrons. The van der Waals surface area contributed by atoms with Crippen molar-refractivity contribution in [2.45, 2.75) is 0 Å². The highest BCUT2D eigenvalue weighted by Gasteiger charge is 2.18. The third kappa shape index (κ3) is 2.17. The maximum Gasteiger partial charge on any atom is 0.191 e. The summed E-state index contributed by atoms with van der Waals surface area (Å²) in [5.41, 5.74) is 2.99. The summed E-state index contributed by atoms with van der Waals surface area (Å²) in [6.07, 6.45) is 0. The molecule has 6 rings (SSSR count). The molecule has 4 heteroatoms. The van der Waals surface area contributed by atoms with Gasteiger partial charge in [0, 0.05) is 5.56 Å². The molecule has 28 heavy (non-hydrogen) atoms. The number of aromatic nitrogens is 2. The van der Waals surface area contributed by atoms with Crippen LogP contribution in [-0.4, -0.2) is 9.97 Å². The largest absolute Gasteiger partial charge is 0.451 e. The molecule has 0 aliphatic carbocycles. The molecule has 0 aliphatic heterocycles. The highest BCUT2D eigenvalue weighted by atomic mass is 35.5. The monoisotopic (exact) mass is 380 g/mol. The summed E-state index contributed by atoms with van der Waals surface area (Å²) in [5.74, 6) is 0.602. The minimum Gasteiger partial charge on any atom is -0.451 e. The van der Waals surface area contributed by atoms with E-state index < -0.39 is 0 Å². The Morgan fingerprint density at radius 2 is 1.39 bits per heavy atom. The maximum absolute atomic E-state index is 6.54. The second kappa shape index (κ2) is 5.78. The van der Waals surface area contributed by atoms with E-state index in [4.69, 9.17) is 21.0 Å². The van der Waals surface area contributed by atoms with Gasteiger partial charge in [0.1, 0.15) is 11.1 Å². The molecule has 0 saturated heterocycles. The number of nitrogens with zero attached hydrogens (tertiary/aromatic N) is 2. The van der Waals surface area contributed by atoms with Crippen molar-refractivity contribution in [3.8, 4) is 11.4 Å². The third-order valence-electron chi connectivity index (χ3n) is 5.19. The average Bonchev–Trinajstić information content (AvgIpc) is 3.13. The number of rotatable bonds is 1. The number of benzene rings is 4. The Morgan fingerprint density at radius 3 is 2.25 bits per heavy atom. The molecule has 0 N–H and O–H groups in total. The van der Waals surface area contributed by atoms with Crippen LogP contribution in [0.4, 0.5) is 0 Å². The van der Waals surface area contributed by atoms with Gasteiger partial charge in [-0.05, 0) is 27.6 Å². The molecule has 3 nitrogen and oxygen atoms in total. The Bertz CT molecular complexity index is 1530.